The molecule has 2 aliphatic heterocycles. The number of aromatic nitrogens is 1. The Morgan fingerprint density at radius 2 is 1.71 bits per heavy atom. The molecule has 2 saturated heterocycles. The van der Waals surface area contributed by atoms with Gasteiger partial charge in [0.2, 0.25) is 0 Å². The fraction of sp³-hybridized carbons (Fsp3) is 0.433. The molecule has 0 amide bonds. The second-order valence-corrected chi connectivity index (χ2v) is 11.0. The molecule has 178 valence electrons. The lowest BCUT2D eigenvalue weighted by atomic mass is 9.62. The summed E-state index contributed by atoms with van der Waals surface area (Å²) >= 11 is 0. The quantitative estimate of drug-likeness (QED) is 0.541. The number of rotatable bonds is 6. The summed E-state index contributed by atoms with van der Waals surface area (Å²) in [5.41, 5.74) is 4.26. The molecule has 2 atom stereocenters. The van der Waals surface area contributed by atoms with Gasteiger partial charge in [-0.05, 0) is 42.1 Å². The molecule has 1 aromatic heterocycles. The van der Waals surface area contributed by atoms with E-state index in [0.29, 0.717) is 11.8 Å². The van der Waals surface area contributed by atoms with Gasteiger partial charge in [-0.2, -0.15) is 0 Å². The van der Waals surface area contributed by atoms with Crippen LogP contribution in [0.4, 0.5) is 5.69 Å². The fourth-order valence-electron chi connectivity index (χ4n) is 6.14. The van der Waals surface area contributed by atoms with Crippen molar-refractivity contribution in [1.82, 2.24) is 9.88 Å². The molecule has 3 aromatic rings. The van der Waals surface area contributed by atoms with Crippen molar-refractivity contribution in [3.8, 4) is 0 Å². The van der Waals surface area contributed by atoms with Gasteiger partial charge in [0.25, 0.3) is 0 Å². The predicted molar refractivity (Wildman–Crippen MR) is 139 cm³/mol. The maximum atomic E-state index is 12.5. The van der Waals surface area contributed by atoms with Gasteiger partial charge in [0.1, 0.15) is 5.60 Å². The lowest BCUT2D eigenvalue weighted by Gasteiger charge is -2.56. The van der Waals surface area contributed by atoms with Crippen LogP contribution < -0.4 is 4.90 Å². The Morgan fingerprint density at radius 1 is 1.00 bits per heavy atom. The summed E-state index contributed by atoms with van der Waals surface area (Å²) < 4.78 is 0. The van der Waals surface area contributed by atoms with Crippen molar-refractivity contribution in [2.24, 2.45) is 5.41 Å². The Morgan fingerprint density at radius 3 is 2.35 bits per heavy atom. The molecule has 1 N–H and O–H groups in total. The highest BCUT2D eigenvalue weighted by Crippen LogP contribution is 2.50. The number of anilines is 1. The second-order valence-electron chi connectivity index (χ2n) is 11.0. The van der Waals surface area contributed by atoms with E-state index >= 15 is 0 Å². The Hall–Kier alpha value is -2.69. The minimum Gasteiger partial charge on any atom is -0.380 e. The molecule has 34 heavy (non-hydrogen) atoms. The summed E-state index contributed by atoms with van der Waals surface area (Å²) in [5.74, 6) is 0.996. The van der Waals surface area contributed by atoms with Crippen molar-refractivity contribution in [2.45, 2.75) is 44.6 Å². The van der Waals surface area contributed by atoms with Gasteiger partial charge >= 0.3 is 0 Å². The van der Waals surface area contributed by atoms with Crippen LogP contribution in [0.5, 0.6) is 0 Å². The SMILES string of the molecule is CC(C)c1ccc([C@](O)(c2cncc(N3CCC(c4ccccc4)C3)c2)C2(C)CN(C)C2)cc1. The lowest BCUT2D eigenvalue weighted by Crippen LogP contribution is -2.63. The van der Waals surface area contributed by atoms with E-state index in [-0.39, 0.29) is 5.41 Å². The van der Waals surface area contributed by atoms with Crippen LogP contribution in [-0.2, 0) is 5.60 Å². The average molecular weight is 456 g/mol. The van der Waals surface area contributed by atoms with Crippen molar-refractivity contribution in [1.29, 1.82) is 0 Å². The highest BCUT2D eigenvalue weighted by atomic mass is 16.3. The van der Waals surface area contributed by atoms with Crippen LogP contribution in [0.2, 0.25) is 0 Å². The number of aliphatic hydroxyl groups is 1. The van der Waals surface area contributed by atoms with Gasteiger partial charge in [0.15, 0.2) is 0 Å². The van der Waals surface area contributed by atoms with Gasteiger partial charge in [0.05, 0.1) is 11.9 Å². The van der Waals surface area contributed by atoms with Gasteiger partial charge in [0, 0.05) is 49.3 Å². The predicted octanol–water partition coefficient (Wildman–Crippen LogP) is 5.39. The molecule has 0 aliphatic carbocycles. The first-order valence-corrected chi connectivity index (χ1v) is 12.6. The fourth-order valence-corrected chi connectivity index (χ4v) is 6.14. The van der Waals surface area contributed by atoms with Crippen LogP contribution in [0, 0.1) is 5.41 Å². The van der Waals surface area contributed by atoms with Crippen LogP contribution in [0.1, 0.15) is 61.3 Å². The van der Waals surface area contributed by atoms with E-state index in [2.05, 4.69) is 103 Å². The maximum Gasteiger partial charge on any atom is 0.124 e. The maximum absolute atomic E-state index is 12.5. The molecular formula is C30H37N3O. The molecule has 4 nitrogen and oxygen atoms in total. The summed E-state index contributed by atoms with van der Waals surface area (Å²) in [6.07, 6.45) is 4.96. The monoisotopic (exact) mass is 455 g/mol. The summed E-state index contributed by atoms with van der Waals surface area (Å²) in [4.78, 5) is 9.34. The molecule has 1 unspecified atom stereocenters. The minimum atomic E-state index is -1.10. The Kier molecular flexibility index (Phi) is 5.99. The molecule has 3 heterocycles. The van der Waals surface area contributed by atoms with Gasteiger partial charge in [-0.15, -0.1) is 0 Å². The Balaban J connectivity index is 1.49. The first kappa shape index (κ1) is 23.1. The zero-order valence-corrected chi connectivity index (χ0v) is 20.9. The summed E-state index contributed by atoms with van der Waals surface area (Å²) in [5, 5.41) is 12.5. The van der Waals surface area contributed by atoms with Crippen molar-refractivity contribution in [2.75, 3.05) is 38.1 Å². The van der Waals surface area contributed by atoms with Crippen LogP contribution >= 0.6 is 0 Å². The number of benzene rings is 2. The van der Waals surface area contributed by atoms with Gasteiger partial charge < -0.3 is 14.9 Å². The van der Waals surface area contributed by atoms with Crippen LogP contribution in [-0.4, -0.2) is 48.2 Å². The normalized spacial score (nSPS) is 21.9. The molecule has 0 spiro atoms. The minimum absolute atomic E-state index is 0.279. The van der Waals surface area contributed by atoms with E-state index in [1.54, 1.807) is 0 Å². The smallest absolute Gasteiger partial charge is 0.124 e. The van der Waals surface area contributed by atoms with E-state index in [9.17, 15) is 5.11 Å². The van der Waals surface area contributed by atoms with E-state index in [0.717, 1.165) is 49.4 Å². The van der Waals surface area contributed by atoms with E-state index in [4.69, 9.17) is 0 Å². The Bertz CT molecular complexity index is 1120. The summed E-state index contributed by atoms with van der Waals surface area (Å²) in [6, 6.07) is 21.5. The molecule has 2 fully saturated rings. The van der Waals surface area contributed by atoms with Crippen LogP contribution in [0.3, 0.4) is 0 Å². The first-order chi connectivity index (χ1) is 16.3. The Labute approximate surface area is 204 Å². The van der Waals surface area contributed by atoms with Crippen molar-refractivity contribution < 1.29 is 5.11 Å². The van der Waals surface area contributed by atoms with Crippen LogP contribution in [0.15, 0.2) is 73.1 Å². The third-order valence-corrected chi connectivity index (χ3v) is 8.07. The molecular weight excluding hydrogens is 418 g/mol. The highest BCUT2D eigenvalue weighted by molar-refractivity contribution is 5.52. The summed E-state index contributed by atoms with van der Waals surface area (Å²) in [6.45, 7) is 10.3. The number of hydrogen-bond donors (Lipinski definition) is 1. The zero-order chi connectivity index (χ0) is 23.9. The molecule has 2 aliphatic rings. The van der Waals surface area contributed by atoms with Crippen molar-refractivity contribution in [3.63, 3.8) is 0 Å². The molecule has 0 saturated carbocycles. The van der Waals surface area contributed by atoms with Gasteiger partial charge in [-0.25, -0.2) is 0 Å². The largest absolute Gasteiger partial charge is 0.380 e. The molecule has 5 rings (SSSR count). The average Bonchev–Trinajstić information content (AvgIpc) is 3.34. The molecule has 0 bridgehead atoms. The van der Waals surface area contributed by atoms with Gasteiger partial charge in [-0.3, -0.25) is 4.98 Å². The van der Waals surface area contributed by atoms with Crippen molar-refractivity contribution >= 4 is 5.69 Å². The number of pyridine rings is 1. The van der Waals surface area contributed by atoms with E-state index in [1.165, 1.54) is 11.1 Å². The first-order valence-electron chi connectivity index (χ1n) is 12.6. The third-order valence-electron chi connectivity index (χ3n) is 8.07. The van der Waals surface area contributed by atoms with Crippen molar-refractivity contribution in [3.05, 3.63) is 95.3 Å². The molecule has 2 aromatic carbocycles. The number of nitrogens with zero attached hydrogens (tertiary/aromatic N) is 3. The topological polar surface area (TPSA) is 39.6 Å². The molecule has 0 radical (unpaired) electrons. The number of likely N-dealkylation sites (tertiary alicyclic amines) is 1. The third kappa shape index (κ3) is 3.93. The zero-order valence-electron chi connectivity index (χ0n) is 20.9. The second kappa shape index (κ2) is 8.83. The van der Waals surface area contributed by atoms with E-state index in [1.807, 2.05) is 12.4 Å². The lowest BCUT2D eigenvalue weighted by molar-refractivity contribution is -0.127. The standard InChI is InChI=1S/C30H37N3O/c1-22(2)23-10-12-26(13-11-23)30(34,29(3)20-32(4)21-29)27-16-28(18-31-17-27)33-15-14-25(19-33)24-8-6-5-7-9-24/h5-13,16-18,22,25,34H,14-15,19-21H2,1-4H3/t25?,30-/m0/s1. The van der Waals surface area contributed by atoms with Gasteiger partial charge in [-0.1, -0.05) is 75.4 Å². The van der Waals surface area contributed by atoms with E-state index < -0.39 is 5.60 Å². The molecule has 4 heteroatoms. The number of hydrogen-bond acceptors (Lipinski definition) is 4. The van der Waals surface area contributed by atoms with Crippen LogP contribution in [0.25, 0.3) is 0 Å². The highest BCUT2D eigenvalue weighted by Gasteiger charge is 2.55. The summed E-state index contributed by atoms with van der Waals surface area (Å²) in [7, 11) is 2.12.